The van der Waals surface area contributed by atoms with Crippen LogP contribution in [-0.4, -0.2) is 42.3 Å². The lowest BCUT2D eigenvalue weighted by atomic mass is 10.0. The van der Waals surface area contributed by atoms with E-state index in [4.69, 9.17) is 9.47 Å². The first kappa shape index (κ1) is 17.2. The van der Waals surface area contributed by atoms with E-state index in [1.165, 1.54) is 12.8 Å². The Bertz CT molecular complexity index is 450. The summed E-state index contributed by atoms with van der Waals surface area (Å²) in [6.07, 6.45) is 6.06. The summed E-state index contributed by atoms with van der Waals surface area (Å²) in [6, 6.07) is 4.08. The van der Waals surface area contributed by atoms with Crippen molar-refractivity contribution in [2.75, 3.05) is 20.2 Å². The molecular formula is C18H30N2O2. The molecule has 4 heteroatoms. The van der Waals surface area contributed by atoms with E-state index in [0.717, 1.165) is 37.5 Å². The van der Waals surface area contributed by atoms with Crippen molar-refractivity contribution >= 4 is 0 Å². The van der Waals surface area contributed by atoms with Gasteiger partial charge in [-0.25, -0.2) is 4.98 Å². The van der Waals surface area contributed by atoms with Crippen LogP contribution in [0.2, 0.25) is 0 Å². The van der Waals surface area contributed by atoms with Gasteiger partial charge in [0.15, 0.2) is 0 Å². The van der Waals surface area contributed by atoms with Gasteiger partial charge in [-0.2, -0.15) is 0 Å². The van der Waals surface area contributed by atoms with Crippen molar-refractivity contribution in [1.29, 1.82) is 0 Å². The van der Waals surface area contributed by atoms with Crippen LogP contribution in [0.3, 0.4) is 0 Å². The number of nitrogens with zero attached hydrogens (tertiary/aromatic N) is 2. The molecule has 2 atom stereocenters. The van der Waals surface area contributed by atoms with Crippen LogP contribution >= 0.6 is 0 Å². The lowest BCUT2D eigenvalue weighted by Gasteiger charge is -2.40. The zero-order valence-corrected chi connectivity index (χ0v) is 14.4. The van der Waals surface area contributed by atoms with Crippen LogP contribution < -0.4 is 4.74 Å². The molecule has 22 heavy (non-hydrogen) atoms. The second kappa shape index (κ2) is 8.49. The number of aromatic nitrogens is 1. The van der Waals surface area contributed by atoms with Gasteiger partial charge in [0.25, 0.3) is 0 Å². The lowest BCUT2D eigenvalue weighted by molar-refractivity contribution is -0.108. The fraction of sp³-hybridized carbons (Fsp3) is 0.722. The minimum atomic E-state index is 0.318. The molecule has 124 valence electrons. The minimum Gasteiger partial charge on any atom is -0.481 e. The molecule has 1 aromatic rings. The van der Waals surface area contributed by atoms with Crippen molar-refractivity contribution in [3.63, 3.8) is 0 Å². The van der Waals surface area contributed by atoms with Crippen molar-refractivity contribution in [2.45, 2.75) is 58.8 Å². The van der Waals surface area contributed by atoms with Crippen molar-refractivity contribution in [1.82, 2.24) is 9.88 Å². The van der Waals surface area contributed by atoms with Gasteiger partial charge >= 0.3 is 0 Å². The Morgan fingerprint density at radius 3 is 2.91 bits per heavy atom. The molecule has 1 fully saturated rings. The summed E-state index contributed by atoms with van der Waals surface area (Å²) < 4.78 is 11.7. The summed E-state index contributed by atoms with van der Waals surface area (Å²) in [7, 11) is 1.69. The molecule has 1 aliphatic heterocycles. The molecule has 1 aromatic heterocycles. The molecule has 2 heterocycles. The largest absolute Gasteiger partial charge is 0.481 e. The van der Waals surface area contributed by atoms with Gasteiger partial charge in [-0.3, -0.25) is 4.90 Å². The summed E-state index contributed by atoms with van der Waals surface area (Å²) in [4.78, 5) is 6.80. The fourth-order valence-electron chi connectivity index (χ4n) is 3.01. The van der Waals surface area contributed by atoms with E-state index in [2.05, 4.69) is 36.7 Å². The molecule has 0 unspecified atom stereocenters. The van der Waals surface area contributed by atoms with Gasteiger partial charge in [0.2, 0.25) is 5.88 Å². The minimum absolute atomic E-state index is 0.318. The van der Waals surface area contributed by atoms with E-state index in [1.54, 1.807) is 13.3 Å². The van der Waals surface area contributed by atoms with Crippen LogP contribution in [0.4, 0.5) is 0 Å². The number of pyridine rings is 1. The van der Waals surface area contributed by atoms with Gasteiger partial charge < -0.3 is 9.47 Å². The SMILES string of the molecule is CCCC[C@@H]1CN(Cc2cccnc2OC)C[C@H](C(C)C)O1. The van der Waals surface area contributed by atoms with E-state index in [-0.39, 0.29) is 0 Å². The predicted octanol–water partition coefficient (Wildman–Crippen LogP) is 3.51. The molecule has 0 amide bonds. The van der Waals surface area contributed by atoms with Gasteiger partial charge in [-0.05, 0) is 18.4 Å². The number of unbranched alkanes of at least 4 members (excludes halogenated alkanes) is 1. The van der Waals surface area contributed by atoms with Crippen molar-refractivity contribution in [3.8, 4) is 5.88 Å². The number of hydrogen-bond acceptors (Lipinski definition) is 4. The molecule has 0 aromatic carbocycles. The second-order valence-corrected chi connectivity index (χ2v) is 6.55. The van der Waals surface area contributed by atoms with E-state index < -0.39 is 0 Å². The Morgan fingerprint density at radius 1 is 1.41 bits per heavy atom. The highest BCUT2D eigenvalue weighted by atomic mass is 16.5. The van der Waals surface area contributed by atoms with Crippen LogP contribution in [-0.2, 0) is 11.3 Å². The van der Waals surface area contributed by atoms with Crippen LogP contribution in [0.15, 0.2) is 18.3 Å². The number of hydrogen-bond donors (Lipinski definition) is 0. The standard InChI is InChI=1S/C18H30N2O2/c1-5-6-9-16-12-20(13-17(22-16)14(2)3)11-15-8-7-10-19-18(15)21-4/h7-8,10,14,16-17H,5-6,9,11-13H2,1-4H3/t16-,17-/m1/s1. The molecule has 0 radical (unpaired) electrons. The smallest absolute Gasteiger partial charge is 0.217 e. The van der Waals surface area contributed by atoms with Gasteiger partial charge in [0, 0.05) is 31.4 Å². The van der Waals surface area contributed by atoms with Crippen LogP contribution in [0.1, 0.15) is 45.6 Å². The van der Waals surface area contributed by atoms with Crippen molar-refractivity contribution in [2.24, 2.45) is 5.92 Å². The first-order chi connectivity index (χ1) is 10.6. The highest BCUT2D eigenvalue weighted by Gasteiger charge is 2.29. The number of methoxy groups -OCH3 is 1. The zero-order chi connectivity index (χ0) is 15.9. The Hall–Kier alpha value is -1.13. The average Bonchev–Trinajstić information content (AvgIpc) is 2.53. The quantitative estimate of drug-likeness (QED) is 0.772. The van der Waals surface area contributed by atoms with E-state index in [0.29, 0.717) is 18.1 Å². The van der Waals surface area contributed by atoms with Crippen LogP contribution in [0.25, 0.3) is 0 Å². The molecule has 0 bridgehead atoms. The first-order valence-electron chi connectivity index (χ1n) is 8.49. The predicted molar refractivity (Wildman–Crippen MR) is 89.1 cm³/mol. The number of morpholine rings is 1. The van der Waals surface area contributed by atoms with Crippen LogP contribution in [0.5, 0.6) is 5.88 Å². The third-order valence-corrected chi connectivity index (χ3v) is 4.33. The third-order valence-electron chi connectivity index (χ3n) is 4.33. The lowest BCUT2D eigenvalue weighted by Crippen LogP contribution is -2.49. The maximum absolute atomic E-state index is 6.29. The molecule has 4 nitrogen and oxygen atoms in total. The molecule has 1 saturated heterocycles. The fourth-order valence-corrected chi connectivity index (χ4v) is 3.01. The topological polar surface area (TPSA) is 34.6 Å². The number of ether oxygens (including phenoxy) is 2. The highest BCUT2D eigenvalue weighted by Crippen LogP contribution is 2.24. The normalized spacial score (nSPS) is 23.0. The Balaban J connectivity index is 2.04. The van der Waals surface area contributed by atoms with Gasteiger partial charge in [-0.1, -0.05) is 39.7 Å². The Kier molecular flexibility index (Phi) is 6.65. The summed E-state index contributed by atoms with van der Waals surface area (Å²) in [5.41, 5.74) is 1.16. The maximum atomic E-state index is 6.29. The maximum Gasteiger partial charge on any atom is 0.217 e. The van der Waals surface area contributed by atoms with Crippen molar-refractivity contribution in [3.05, 3.63) is 23.9 Å². The van der Waals surface area contributed by atoms with Gasteiger partial charge in [0.05, 0.1) is 19.3 Å². The van der Waals surface area contributed by atoms with Gasteiger partial charge in [0.1, 0.15) is 0 Å². The summed E-state index contributed by atoms with van der Waals surface area (Å²) in [6.45, 7) is 9.60. The molecule has 2 rings (SSSR count). The van der Waals surface area contributed by atoms with E-state index >= 15 is 0 Å². The van der Waals surface area contributed by atoms with Crippen molar-refractivity contribution < 1.29 is 9.47 Å². The summed E-state index contributed by atoms with van der Waals surface area (Å²) >= 11 is 0. The third kappa shape index (κ3) is 4.68. The Labute approximate surface area is 134 Å². The molecular weight excluding hydrogens is 276 g/mol. The first-order valence-corrected chi connectivity index (χ1v) is 8.49. The molecule has 1 aliphatic rings. The molecule has 0 aliphatic carbocycles. The number of rotatable bonds is 7. The molecule has 0 spiro atoms. The monoisotopic (exact) mass is 306 g/mol. The van der Waals surface area contributed by atoms with Crippen LogP contribution in [0, 0.1) is 5.92 Å². The molecule has 0 saturated carbocycles. The Morgan fingerprint density at radius 2 is 2.23 bits per heavy atom. The van der Waals surface area contributed by atoms with E-state index in [9.17, 15) is 0 Å². The second-order valence-electron chi connectivity index (χ2n) is 6.55. The van der Waals surface area contributed by atoms with Gasteiger partial charge in [-0.15, -0.1) is 0 Å². The molecule has 0 N–H and O–H groups in total. The van der Waals surface area contributed by atoms with E-state index in [1.807, 2.05) is 6.07 Å². The highest BCUT2D eigenvalue weighted by molar-refractivity contribution is 5.25. The summed E-state index contributed by atoms with van der Waals surface area (Å²) in [5.74, 6) is 1.28. The summed E-state index contributed by atoms with van der Waals surface area (Å²) in [5, 5.41) is 0. The zero-order valence-electron chi connectivity index (χ0n) is 14.4. The average molecular weight is 306 g/mol.